The molecule has 2 aromatic carbocycles. The minimum absolute atomic E-state index is 0.0252. The van der Waals surface area contributed by atoms with Crippen molar-refractivity contribution in [3.8, 4) is 11.5 Å². The topological polar surface area (TPSA) is 35.5 Å². The first-order valence-corrected chi connectivity index (χ1v) is 6.69. The first-order valence-electron chi connectivity index (χ1n) is 5.81. The molecule has 0 aliphatic rings. The molecule has 1 aromatic heterocycles. The molecule has 19 heavy (non-hydrogen) atoms. The monoisotopic (exact) mass is 272 g/mol. The fourth-order valence-electron chi connectivity index (χ4n) is 2.18. The molecular formula is C15H12O3S. The van der Waals surface area contributed by atoms with Gasteiger partial charge in [0.1, 0.15) is 11.5 Å². The van der Waals surface area contributed by atoms with E-state index >= 15 is 0 Å². The molecule has 96 valence electrons. The van der Waals surface area contributed by atoms with E-state index in [0.29, 0.717) is 16.5 Å². The Morgan fingerprint density at radius 1 is 1.00 bits per heavy atom. The predicted octanol–water partition coefficient (Wildman–Crippen LogP) is 3.43. The summed E-state index contributed by atoms with van der Waals surface area (Å²) in [6.45, 7) is 0. The number of methoxy groups -OCH3 is 2. The first-order chi connectivity index (χ1) is 9.24. The lowest BCUT2D eigenvalue weighted by atomic mass is 10.1. The fraction of sp³-hybridized carbons (Fsp3) is 0.133. The van der Waals surface area contributed by atoms with Crippen LogP contribution in [-0.4, -0.2) is 14.2 Å². The Labute approximate surface area is 114 Å². The lowest BCUT2D eigenvalue weighted by Crippen LogP contribution is -1.96. The van der Waals surface area contributed by atoms with Gasteiger partial charge in [-0.15, -0.1) is 11.3 Å². The Kier molecular flexibility index (Phi) is 2.87. The Morgan fingerprint density at radius 3 is 2.58 bits per heavy atom. The number of rotatable bonds is 2. The Morgan fingerprint density at radius 2 is 1.84 bits per heavy atom. The van der Waals surface area contributed by atoms with Crippen molar-refractivity contribution >= 4 is 32.2 Å². The van der Waals surface area contributed by atoms with E-state index < -0.39 is 0 Å². The average Bonchev–Trinajstić information content (AvgIpc) is 2.89. The van der Waals surface area contributed by atoms with Crippen molar-refractivity contribution in [1.29, 1.82) is 0 Å². The number of thiophene rings is 1. The maximum absolute atomic E-state index is 12.5. The second-order valence-corrected chi connectivity index (χ2v) is 5.07. The molecule has 0 unspecified atom stereocenters. The van der Waals surface area contributed by atoms with Gasteiger partial charge in [-0.3, -0.25) is 4.79 Å². The van der Waals surface area contributed by atoms with E-state index in [1.807, 2.05) is 23.6 Å². The van der Waals surface area contributed by atoms with Crippen molar-refractivity contribution < 1.29 is 9.47 Å². The maximum atomic E-state index is 12.5. The molecule has 0 aliphatic heterocycles. The molecule has 0 spiro atoms. The van der Waals surface area contributed by atoms with Gasteiger partial charge in [0.05, 0.1) is 18.9 Å². The number of benzene rings is 1. The van der Waals surface area contributed by atoms with E-state index in [1.165, 1.54) is 11.3 Å². The minimum Gasteiger partial charge on any atom is -0.497 e. The molecule has 3 nitrogen and oxygen atoms in total. The van der Waals surface area contributed by atoms with Crippen LogP contribution >= 0.6 is 11.3 Å². The Hall–Kier alpha value is -2.07. The molecule has 0 aliphatic carbocycles. The number of hydrogen-bond donors (Lipinski definition) is 0. The third-order valence-electron chi connectivity index (χ3n) is 3.14. The van der Waals surface area contributed by atoms with E-state index in [9.17, 15) is 4.79 Å². The fourth-order valence-corrected chi connectivity index (χ4v) is 3.06. The van der Waals surface area contributed by atoms with Crippen molar-refractivity contribution in [2.24, 2.45) is 0 Å². The van der Waals surface area contributed by atoms with Crippen LogP contribution in [0.3, 0.4) is 0 Å². The molecule has 0 bridgehead atoms. The molecule has 0 fully saturated rings. The highest BCUT2D eigenvalue weighted by molar-refractivity contribution is 7.17. The van der Waals surface area contributed by atoms with Gasteiger partial charge in [-0.2, -0.15) is 0 Å². The molecule has 0 N–H and O–H groups in total. The van der Waals surface area contributed by atoms with Crippen LogP contribution in [0.5, 0.6) is 11.5 Å². The zero-order valence-electron chi connectivity index (χ0n) is 10.6. The largest absolute Gasteiger partial charge is 0.497 e. The summed E-state index contributed by atoms with van der Waals surface area (Å²) in [7, 11) is 3.23. The van der Waals surface area contributed by atoms with Crippen LogP contribution in [0.25, 0.3) is 20.9 Å². The summed E-state index contributed by atoms with van der Waals surface area (Å²) < 4.78 is 11.5. The highest BCUT2D eigenvalue weighted by Crippen LogP contribution is 2.31. The summed E-state index contributed by atoms with van der Waals surface area (Å²) in [4.78, 5) is 12.5. The number of ether oxygens (including phenoxy) is 2. The standard InChI is InChI=1S/C15H12O3S/c1-17-10-3-4-11-9(7-10)8-13(18-2)15-12(14(11)16)5-6-19-15/h3-8H,1-2H3. The second-order valence-electron chi connectivity index (χ2n) is 4.16. The van der Waals surface area contributed by atoms with Gasteiger partial charge >= 0.3 is 0 Å². The summed E-state index contributed by atoms with van der Waals surface area (Å²) in [6.07, 6.45) is 0. The first kappa shape index (κ1) is 12.0. The zero-order valence-corrected chi connectivity index (χ0v) is 11.4. The predicted molar refractivity (Wildman–Crippen MR) is 78.7 cm³/mol. The smallest absolute Gasteiger partial charge is 0.195 e. The van der Waals surface area contributed by atoms with Crippen LogP contribution in [0.2, 0.25) is 0 Å². The van der Waals surface area contributed by atoms with Gasteiger partial charge < -0.3 is 9.47 Å². The van der Waals surface area contributed by atoms with Gasteiger partial charge in [-0.1, -0.05) is 0 Å². The molecule has 3 aromatic rings. The summed E-state index contributed by atoms with van der Waals surface area (Å²) >= 11 is 1.51. The van der Waals surface area contributed by atoms with Crippen LogP contribution in [-0.2, 0) is 0 Å². The van der Waals surface area contributed by atoms with E-state index in [0.717, 1.165) is 15.8 Å². The van der Waals surface area contributed by atoms with Crippen LogP contribution in [0.15, 0.2) is 40.5 Å². The van der Waals surface area contributed by atoms with Gasteiger partial charge in [0.2, 0.25) is 0 Å². The number of hydrogen-bond acceptors (Lipinski definition) is 4. The van der Waals surface area contributed by atoms with Crippen molar-refractivity contribution in [1.82, 2.24) is 0 Å². The summed E-state index contributed by atoms with van der Waals surface area (Å²) in [5.74, 6) is 1.44. The molecule has 4 heteroatoms. The quantitative estimate of drug-likeness (QED) is 0.717. The maximum Gasteiger partial charge on any atom is 0.195 e. The van der Waals surface area contributed by atoms with E-state index in [4.69, 9.17) is 9.47 Å². The van der Waals surface area contributed by atoms with Crippen LogP contribution < -0.4 is 14.9 Å². The van der Waals surface area contributed by atoms with Gasteiger partial charge in [-0.05, 0) is 41.1 Å². The molecular weight excluding hydrogens is 260 g/mol. The van der Waals surface area contributed by atoms with Crippen molar-refractivity contribution in [3.63, 3.8) is 0 Å². The Bertz CT molecular complexity index is 821. The third-order valence-corrected chi connectivity index (χ3v) is 4.07. The van der Waals surface area contributed by atoms with Gasteiger partial charge in [0, 0.05) is 10.8 Å². The molecule has 0 radical (unpaired) electrons. The lowest BCUT2D eigenvalue weighted by molar-refractivity contribution is 0.415. The Balaban J connectivity index is 2.56. The van der Waals surface area contributed by atoms with E-state index in [-0.39, 0.29) is 5.43 Å². The number of fused-ring (bicyclic) bond motifs is 2. The van der Waals surface area contributed by atoms with Crippen LogP contribution in [0.1, 0.15) is 0 Å². The van der Waals surface area contributed by atoms with Crippen LogP contribution in [0, 0.1) is 0 Å². The minimum atomic E-state index is 0.0252. The van der Waals surface area contributed by atoms with Gasteiger partial charge in [0.15, 0.2) is 5.43 Å². The van der Waals surface area contributed by atoms with Gasteiger partial charge in [0.25, 0.3) is 0 Å². The van der Waals surface area contributed by atoms with Crippen molar-refractivity contribution in [2.45, 2.75) is 0 Å². The normalized spacial score (nSPS) is 10.8. The molecule has 0 atom stereocenters. The molecule has 0 saturated heterocycles. The van der Waals surface area contributed by atoms with Gasteiger partial charge in [-0.25, -0.2) is 0 Å². The summed E-state index contributed by atoms with van der Waals surface area (Å²) in [5.41, 5.74) is 0.0252. The molecule has 0 saturated carbocycles. The third kappa shape index (κ3) is 1.85. The van der Waals surface area contributed by atoms with E-state index in [2.05, 4.69) is 0 Å². The molecule has 0 amide bonds. The van der Waals surface area contributed by atoms with Crippen molar-refractivity contribution in [3.05, 3.63) is 45.9 Å². The zero-order chi connectivity index (χ0) is 13.4. The lowest BCUT2D eigenvalue weighted by Gasteiger charge is -2.00. The average molecular weight is 272 g/mol. The highest BCUT2D eigenvalue weighted by Gasteiger charge is 2.09. The summed E-state index contributed by atoms with van der Waals surface area (Å²) in [5, 5.41) is 4.10. The SMILES string of the molecule is COc1ccc2c(=O)c3ccsc3c(OC)cc2c1. The van der Waals surface area contributed by atoms with E-state index in [1.54, 1.807) is 26.4 Å². The van der Waals surface area contributed by atoms with Crippen molar-refractivity contribution in [2.75, 3.05) is 14.2 Å². The second kappa shape index (κ2) is 4.55. The molecule has 3 rings (SSSR count). The highest BCUT2D eigenvalue weighted by atomic mass is 32.1. The summed E-state index contributed by atoms with van der Waals surface area (Å²) in [6, 6.07) is 9.18. The molecule has 1 heterocycles. The van der Waals surface area contributed by atoms with Crippen LogP contribution in [0.4, 0.5) is 0 Å².